The molecule has 18 heavy (non-hydrogen) atoms. The van der Waals surface area contributed by atoms with E-state index < -0.39 is 0 Å². The first kappa shape index (κ1) is 12.4. The number of aromatic nitrogens is 2. The molecule has 2 rings (SSSR count). The molecule has 0 atom stereocenters. The zero-order chi connectivity index (χ0) is 13.3. The standard InChI is InChI=1S/C12H13ClN4O/c1-7-9(6-15-17(7)2)12(18)16-8-3-4-10(13)11(14)5-8/h3-6H,14H2,1-2H3,(H,16,18). The number of benzene rings is 1. The van der Waals surface area contributed by atoms with Gasteiger partial charge >= 0.3 is 0 Å². The third kappa shape index (κ3) is 2.31. The van der Waals surface area contributed by atoms with Crippen LogP contribution in [-0.4, -0.2) is 15.7 Å². The molecule has 0 saturated carbocycles. The van der Waals surface area contributed by atoms with Gasteiger partial charge in [-0.2, -0.15) is 5.10 Å². The van der Waals surface area contributed by atoms with Crippen LogP contribution in [0.4, 0.5) is 11.4 Å². The number of rotatable bonds is 2. The Kier molecular flexibility index (Phi) is 3.25. The van der Waals surface area contributed by atoms with Crippen molar-refractivity contribution in [3.63, 3.8) is 0 Å². The quantitative estimate of drug-likeness (QED) is 0.817. The minimum Gasteiger partial charge on any atom is -0.397 e. The molecule has 1 aromatic heterocycles. The predicted molar refractivity (Wildman–Crippen MR) is 71.8 cm³/mol. The number of nitrogens with one attached hydrogen (secondary N) is 1. The highest BCUT2D eigenvalue weighted by Gasteiger charge is 2.13. The predicted octanol–water partition coefficient (Wildman–Crippen LogP) is 2.22. The molecule has 0 radical (unpaired) electrons. The Balaban J connectivity index is 2.21. The summed E-state index contributed by atoms with van der Waals surface area (Å²) < 4.78 is 1.64. The second-order valence-corrected chi connectivity index (χ2v) is 4.36. The van der Waals surface area contributed by atoms with Crippen molar-refractivity contribution in [2.75, 3.05) is 11.1 Å². The zero-order valence-corrected chi connectivity index (χ0v) is 10.8. The van der Waals surface area contributed by atoms with Crippen LogP contribution in [0.2, 0.25) is 5.02 Å². The van der Waals surface area contributed by atoms with E-state index >= 15 is 0 Å². The highest BCUT2D eigenvalue weighted by atomic mass is 35.5. The molecule has 0 unspecified atom stereocenters. The average Bonchev–Trinajstić information content (AvgIpc) is 2.65. The molecule has 94 valence electrons. The Morgan fingerprint density at radius 3 is 2.78 bits per heavy atom. The van der Waals surface area contributed by atoms with Crippen LogP contribution >= 0.6 is 11.6 Å². The van der Waals surface area contributed by atoms with Crippen LogP contribution in [0.15, 0.2) is 24.4 Å². The number of hydrogen-bond acceptors (Lipinski definition) is 3. The Hall–Kier alpha value is -2.01. The maximum absolute atomic E-state index is 12.0. The van der Waals surface area contributed by atoms with E-state index in [0.717, 1.165) is 5.69 Å². The summed E-state index contributed by atoms with van der Waals surface area (Å²) in [6.07, 6.45) is 1.53. The van der Waals surface area contributed by atoms with Crippen molar-refractivity contribution in [2.45, 2.75) is 6.92 Å². The summed E-state index contributed by atoms with van der Waals surface area (Å²) in [5, 5.41) is 7.23. The van der Waals surface area contributed by atoms with E-state index in [4.69, 9.17) is 17.3 Å². The van der Waals surface area contributed by atoms with Crippen molar-refractivity contribution in [1.29, 1.82) is 0 Å². The molecule has 0 spiro atoms. The maximum Gasteiger partial charge on any atom is 0.259 e. The highest BCUT2D eigenvalue weighted by Crippen LogP contribution is 2.22. The Morgan fingerprint density at radius 1 is 1.50 bits per heavy atom. The van der Waals surface area contributed by atoms with Crippen molar-refractivity contribution in [1.82, 2.24) is 9.78 Å². The number of nitrogen functional groups attached to an aromatic ring is 1. The monoisotopic (exact) mass is 264 g/mol. The van der Waals surface area contributed by atoms with Crippen LogP contribution in [0, 0.1) is 6.92 Å². The second-order valence-electron chi connectivity index (χ2n) is 3.96. The summed E-state index contributed by atoms with van der Waals surface area (Å²) in [6.45, 7) is 1.83. The molecule has 0 aliphatic heterocycles. The number of hydrogen-bond donors (Lipinski definition) is 2. The zero-order valence-electron chi connectivity index (χ0n) is 10.1. The molecule has 6 heteroatoms. The van der Waals surface area contributed by atoms with Crippen molar-refractivity contribution in [3.05, 3.63) is 40.7 Å². The molecule has 1 heterocycles. The first-order valence-electron chi connectivity index (χ1n) is 5.34. The number of aryl methyl sites for hydroxylation is 1. The lowest BCUT2D eigenvalue weighted by atomic mass is 10.2. The summed E-state index contributed by atoms with van der Waals surface area (Å²) >= 11 is 5.81. The molecule has 0 saturated heterocycles. The average molecular weight is 265 g/mol. The minimum atomic E-state index is -0.220. The van der Waals surface area contributed by atoms with Crippen LogP contribution < -0.4 is 11.1 Å². The number of nitrogens with zero attached hydrogens (tertiary/aromatic N) is 2. The lowest BCUT2D eigenvalue weighted by Crippen LogP contribution is -2.13. The topological polar surface area (TPSA) is 72.9 Å². The van der Waals surface area contributed by atoms with Gasteiger partial charge in [0.1, 0.15) is 0 Å². The molecule has 0 fully saturated rings. The van der Waals surface area contributed by atoms with Gasteiger partial charge in [-0.3, -0.25) is 9.48 Å². The third-order valence-electron chi connectivity index (χ3n) is 2.73. The van der Waals surface area contributed by atoms with Gasteiger partial charge in [0, 0.05) is 18.4 Å². The molecule has 5 nitrogen and oxygen atoms in total. The van der Waals surface area contributed by atoms with E-state index in [9.17, 15) is 4.79 Å². The Morgan fingerprint density at radius 2 is 2.22 bits per heavy atom. The van der Waals surface area contributed by atoms with Gasteiger partial charge in [-0.1, -0.05) is 11.6 Å². The molecule has 2 aromatic rings. The fourth-order valence-electron chi connectivity index (χ4n) is 1.54. The van der Waals surface area contributed by atoms with Crippen molar-refractivity contribution >= 4 is 28.9 Å². The van der Waals surface area contributed by atoms with Crippen LogP contribution in [0.5, 0.6) is 0 Å². The second kappa shape index (κ2) is 4.70. The number of amides is 1. The van der Waals surface area contributed by atoms with Gasteiger partial charge in [-0.15, -0.1) is 0 Å². The van der Waals surface area contributed by atoms with Gasteiger partial charge in [0.2, 0.25) is 0 Å². The number of nitrogens with two attached hydrogens (primary N) is 1. The maximum atomic E-state index is 12.0. The normalized spacial score (nSPS) is 10.4. The summed E-state index contributed by atoms with van der Waals surface area (Å²) in [7, 11) is 1.78. The van der Waals surface area contributed by atoms with Crippen molar-refractivity contribution in [2.24, 2.45) is 7.05 Å². The lowest BCUT2D eigenvalue weighted by molar-refractivity contribution is 0.102. The first-order chi connectivity index (χ1) is 8.49. The summed E-state index contributed by atoms with van der Waals surface area (Å²) in [4.78, 5) is 12.0. The molecule has 1 aromatic carbocycles. The van der Waals surface area contributed by atoms with Gasteiger partial charge in [0.25, 0.3) is 5.91 Å². The first-order valence-corrected chi connectivity index (χ1v) is 5.72. The molecule has 0 aliphatic rings. The number of carbonyl (C=O) groups is 1. The molecule has 0 bridgehead atoms. The fourth-order valence-corrected chi connectivity index (χ4v) is 1.66. The van der Waals surface area contributed by atoms with Gasteiger partial charge in [-0.25, -0.2) is 0 Å². The van der Waals surface area contributed by atoms with E-state index in [1.807, 2.05) is 6.92 Å². The molecule has 1 amide bonds. The molecular formula is C12H13ClN4O. The number of halogens is 1. The smallest absolute Gasteiger partial charge is 0.259 e. The van der Waals surface area contributed by atoms with E-state index in [1.54, 1.807) is 29.9 Å². The van der Waals surface area contributed by atoms with Gasteiger partial charge in [0.15, 0.2) is 0 Å². The van der Waals surface area contributed by atoms with Crippen LogP contribution in [0.25, 0.3) is 0 Å². The Bertz CT molecular complexity index is 606. The van der Waals surface area contributed by atoms with Crippen LogP contribution in [0.1, 0.15) is 16.1 Å². The Labute approximate surface area is 110 Å². The van der Waals surface area contributed by atoms with Crippen LogP contribution in [0.3, 0.4) is 0 Å². The summed E-state index contributed by atoms with van der Waals surface area (Å²) in [5.41, 5.74) is 8.03. The fraction of sp³-hybridized carbons (Fsp3) is 0.167. The van der Waals surface area contributed by atoms with Gasteiger partial charge < -0.3 is 11.1 Å². The van der Waals surface area contributed by atoms with E-state index in [0.29, 0.717) is 22.0 Å². The van der Waals surface area contributed by atoms with Gasteiger partial charge in [0.05, 0.1) is 22.5 Å². The number of carbonyl (C=O) groups excluding carboxylic acids is 1. The van der Waals surface area contributed by atoms with E-state index in [-0.39, 0.29) is 5.91 Å². The largest absolute Gasteiger partial charge is 0.397 e. The van der Waals surface area contributed by atoms with Crippen LogP contribution in [-0.2, 0) is 7.05 Å². The minimum absolute atomic E-state index is 0.220. The summed E-state index contributed by atoms with van der Waals surface area (Å²) in [6, 6.07) is 4.96. The van der Waals surface area contributed by atoms with Crippen molar-refractivity contribution in [3.8, 4) is 0 Å². The molecule has 3 N–H and O–H groups in total. The SMILES string of the molecule is Cc1c(C(=O)Nc2ccc(Cl)c(N)c2)cnn1C. The van der Waals surface area contributed by atoms with Crippen molar-refractivity contribution < 1.29 is 4.79 Å². The molecule has 0 aliphatic carbocycles. The van der Waals surface area contributed by atoms with E-state index in [2.05, 4.69) is 10.4 Å². The van der Waals surface area contributed by atoms with E-state index in [1.165, 1.54) is 6.20 Å². The highest BCUT2D eigenvalue weighted by molar-refractivity contribution is 6.33. The van der Waals surface area contributed by atoms with Gasteiger partial charge in [-0.05, 0) is 25.1 Å². The summed E-state index contributed by atoms with van der Waals surface area (Å²) in [5.74, 6) is -0.220. The third-order valence-corrected chi connectivity index (χ3v) is 3.08. The lowest BCUT2D eigenvalue weighted by Gasteiger charge is -2.06. The molecular weight excluding hydrogens is 252 g/mol. The number of anilines is 2.